The van der Waals surface area contributed by atoms with Gasteiger partial charge in [-0.05, 0) is 42.0 Å². The van der Waals surface area contributed by atoms with E-state index in [0.717, 1.165) is 4.31 Å². The van der Waals surface area contributed by atoms with Crippen LogP contribution in [0.4, 0.5) is 26.3 Å². The number of hydrogen-bond donors (Lipinski definition) is 0. The molecule has 0 aromatic heterocycles. The minimum atomic E-state index is -5.19. The smallest absolute Gasteiger partial charge is 0.416 e. The van der Waals surface area contributed by atoms with Crippen molar-refractivity contribution in [2.75, 3.05) is 47.5 Å². The van der Waals surface area contributed by atoms with Crippen molar-refractivity contribution in [1.29, 1.82) is 0 Å². The molecule has 0 atom stereocenters. The molecule has 1 heterocycles. The molecule has 1 saturated heterocycles. The molecule has 0 saturated carbocycles. The van der Waals surface area contributed by atoms with Crippen molar-refractivity contribution in [2.24, 2.45) is 0 Å². The Hall–Kier alpha value is -3.46. The zero-order chi connectivity index (χ0) is 29.2. The molecule has 15 heteroatoms. The predicted octanol–water partition coefficient (Wildman–Crippen LogP) is 4.30. The van der Waals surface area contributed by atoms with Crippen LogP contribution in [0.3, 0.4) is 0 Å². The Morgan fingerprint density at radius 2 is 1.28 bits per heavy atom. The summed E-state index contributed by atoms with van der Waals surface area (Å²) >= 11 is 0. The Bertz CT molecular complexity index is 1290. The van der Waals surface area contributed by atoms with Crippen LogP contribution in [0.25, 0.3) is 6.08 Å². The van der Waals surface area contributed by atoms with Crippen LogP contribution in [-0.2, 0) is 27.2 Å². The van der Waals surface area contributed by atoms with Crippen LogP contribution in [0.2, 0.25) is 0 Å². The number of methoxy groups -OCH3 is 3. The quantitative estimate of drug-likeness (QED) is 0.358. The fraction of sp³-hybridized carbons (Fsp3) is 0.375. The number of carbonyl (C=O) groups is 1. The van der Waals surface area contributed by atoms with Crippen molar-refractivity contribution in [3.05, 3.63) is 53.1 Å². The summed E-state index contributed by atoms with van der Waals surface area (Å²) in [4.78, 5) is 12.8. The second-order valence-electron chi connectivity index (χ2n) is 8.26. The van der Waals surface area contributed by atoms with E-state index >= 15 is 0 Å². The second-order valence-corrected chi connectivity index (χ2v) is 10.2. The van der Waals surface area contributed by atoms with Crippen LogP contribution in [0.15, 0.2) is 41.3 Å². The molecular weight excluding hydrogens is 558 g/mol. The molecule has 0 radical (unpaired) electrons. The van der Waals surface area contributed by atoms with Gasteiger partial charge in [0.05, 0.1) is 37.4 Å². The number of amides is 1. The van der Waals surface area contributed by atoms with Gasteiger partial charge in [0.15, 0.2) is 11.5 Å². The minimum absolute atomic E-state index is 0.136. The van der Waals surface area contributed by atoms with Crippen LogP contribution in [0.5, 0.6) is 17.2 Å². The summed E-state index contributed by atoms with van der Waals surface area (Å²) in [5.41, 5.74) is -2.94. The molecule has 3 rings (SSSR count). The van der Waals surface area contributed by atoms with E-state index in [1.807, 2.05) is 0 Å². The van der Waals surface area contributed by atoms with E-state index < -0.39 is 44.3 Å². The average Bonchev–Trinajstić information content (AvgIpc) is 2.89. The third-order valence-electron chi connectivity index (χ3n) is 5.85. The largest absolute Gasteiger partial charge is 0.493 e. The number of hydrogen-bond acceptors (Lipinski definition) is 6. The molecule has 0 aliphatic carbocycles. The SMILES string of the molecule is COc1cc(/C=C/C(=O)N2CCN(S(=O)(=O)c3cc(C(F)(F)F)cc(C(F)(F)F)c3)CC2)cc(OC)c1OC. The normalized spacial score (nSPS) is 15.5. The predicted molar refractivity (Wildman–Crippen MR) is 127 cm³/mol. The highest BCUT2D eigenvalue weighted by Crippen LogP contribution is 2.39. The van der Waals surface area contributed by atoms with Gasteiger partial charge in [0, 0.05) is 32.3 Å². The maximum atomic E-state index is 13.2. The van der Waals surface area contributed by atoms with Crippen molar-refractivity contribution in [1.82, 2.24) is 9.21 Å². The molecule has 39 heavy (non-hydrogen) atoms. The third-order valence-corrected chi connectivity index (χ3v) is 7.73. The number of ether oxygens (including phenoxy) is 3. The number of rotatable bonds is 7. The summed E-state index contributed by atoms with van der Waals surface area (Å²) in [6.07, 6.45) is -7.69. The summed E-state index contributed by atoms with van der Waals surface area (Å²) in [6.45, 7) is -0.932. The maximum Gasteiger partial charge on any atom is 0.416 e. The zero-order valence-corrected chi connectivity index (χ0v) is 21.7. The van der Waals surface area contributed by atoms with E-state index in [1.54, 1.807) is 12.1 Å². The van der Waals surface area contributed by atoms with E-state index in [0.29, 0.717) is 22.8 Å². The third kappa shape index (κ3) is 6.76. The lowest BCUT2D eigenvalue weighted by Crippen LogP contribution is -2.50. The highest BCUT2D eigenvalue weighted by molar-refractivity contribution is 7.89. The number of nitrogens with zero attached hydrogens (tertiary/aromatic N) is 2. The maximum absolute atomic E-state index is 13.2. The Labute approximate surface area is 220 Å². The van der Waals surface area contributed by atoms with Gasteiger partial charge < -0.3 is 19.1 Å². The molecule has 1 fully saturated rings. The van der Waals surface area contributed by atoms with Crippen LogP contribution in [-0.4, -0.2) is 71.0 Å². The van der Waals surface area contributed by atoms with Gasteiger partial charge in [-0.25, -0.2) is 8.42 Å². The number of carbonyl (C=O) groups excluding carboxylic acids is 1. The monoisotopic (exact) mass is 582 g/mol. The lowest BCUT2D eigenvalue weighted by Gasteiger charge is -2.33. The van der Waals surface area contributed by atoms with Crippen molar-refractivity contribution < 1.29 is 53.8 Å². The van der Waals surface area contributed by atoms with Crippen molar-refractivity contribution in [2.45, 2.75) is 17.2 Å². The molecule has 8 nitrogen and oxygen atoms in total. The van der Waals surface area contributed by atoms with Crippen molar-refractivity contribution in [3.63, 3.8) is 0 Å². The molecule has 0 unspecified atom stereocenters. The summed E-state index contributed by atoms with van der Waals surface area (Å²) in [5, 5.41) is 0. The molecule has 2 aromatic carbocycles. The first-order valence-corrected chi connectivity index (χ1v) is 12.6. The summed E-state index contributed by atoms with van der Waals surface area (Å²) < 4.78 is 121. The first-order valence-electron chi connectivity index (χ1n) is 11.2. The molecule has 0 N–H and O–H groups in total. The minimum Gasteiger partial charge on any atom is -0.493 e. The molecule has 0 spiro atoms. The molecule has 1 aliphatic heterocycles. The van der Waals surface area contributed by atoms with Gasteiger partial charge in [0.2, 0.25) is 21.7 Å². The molecular formula is C24H24F6N2O6S. The van der Waals surface area contributed by atoms with Crippen LogP contribution >= 0.6 is 0 Å². The number of sulfonamides is 1. The number of halogens is 6. The first kappa shape index (κ1) is 30.1. The molecule has 214 valence electrons. The summed E-state index contributed by atoms with van der Waals surface area (Å²) in [6, 6.07) is 3.39. The number of alkyl halides is 6. The zero-order valence-electron chi connectivity index (χ0n) is 20.9. The molecule has 1 aliphatic rings. The van der Waals surface area contributed by atoms with E-state index in [2.05, 4.69) is 0 Å². The number of benzene rings is 2. The summed E-state index contributed by atoms with van der Waals surface area (Å²) in [5.74, 6) is 0.570. The van der Waals surface area contributed by atoms with Crippen LogP contribution in [0.1, 0.15) is 16.7 Å². The van der Waals surface area contributed by atoms with Crippen LogP contribution < -0.4 is 14.2 Å². The Balaban J connectivity index is 1.76. The number of piperazine rings is 1. The van der Waals surface area contributed by atoms with Crippen molar-refractivity contribution in [3.8, 4) is 17.2 Å². The van der Waals surface area contributed by atoms with Gasteiger partial charge >= 0.3 is 12.4 Å². The average molecular weight is 583 g/mol. The van der Waals surface area contributed by atoms with E-state index in [4.69, 9.17) is 14.2 Å². The van der Waals surface area contributed by atoms with Gasteiger partial charge in [0.25, 0.3) is 0 Å². The fourth-order valence-electron chi connectivity index (χ4n) is 3.84. The topological polar surface area (TPSA) is 85.4 Å². The van der Waals surface area contributed by atoms with E-state index in [-0.39, 0.29) is 44.4 Å². The second kappa shape index (κ2) is 11.3. The summed E-state index contributed by atoms with van der Waals surface area (Å²) in [7, 11) is -0.437. The van der Waals surface area contributed by atoms with Gasteiger partial charge in [-0.1, -0.05) is 0 Å². The van der Waals surface area contributed by atoms with E-state index in [1.165, 1.54) is 38.4 Å². The van der Waals surface area contributed by atoms with Gasteiger partial charge in [-0.15, -0.1) is 0 Å². The standard InChI is InChI=1S/C24H24F6N2O6S/c1-36-19-10-15(11-20(37-2)22(19)38-3)4-5-21(33)31-6-8-32(9-7-31)39(34,35)18-13-16(23(25,26)27)12-17(14-18)24(28,29)30/h4-5,10-14H,6-9H2,1-3H3/b5-4+. The Kier molecular flexibility index (Phi) is 8.75. The van der Waals surface area contributed by atoms with Gasteiger partial charge in [-0.2, -0.15) is 30.6 Å². The van der Waals surface area contributed by atoms with Crippen molar-refractivity contribution >= 4 is 22.0 Å². The van der Waals surface area contributed by atoms with Gasteiger partial charge in [0.1, 0.15) is 0 Å². The van der Waals surface area contributed by atoms with Gasteiger partial charge in [-0.3, -0.25) is 4.79 Å². The molecule has 1 amide bonds. The lowest BCUT2D eigenvalue weighted by atomic mass is 10.1. The molecule has 0 bridgehead atoms. The van der Waals surface area contributed by atoms with Crippen LogP contribution in [0, 0.1) is 0 Å². The highest BCUT2D eigenvalue weighted by Gasteiger charge is 2.39. The Morgan fingerprint density at radius 1 is 0.795 bits per heavy atom. The highest BCUT2D eigenvalue weighted by atomic mass is 32.2. The first-order chi connectivity index (χ1) is 18.1. The van der Waals surface area contributed by atoms with E-state index in [9.17, 15) is 39.6 Å². The molecule has 2 aromatic rings. The Morgan fingerprint density at radius 3 is 1.69 bits per heavy atom. The fourth-order valence-corrected chi connectivity index (χ4v) is 5.34. The lowest BCUT2D eigenvalue weighted by molar-refractivity contribution is -0.143.